The third-order valence-electron chi connectivity index (χ3n) is 5.29. The number of hydrogen-bond donors (Lipinski definition) is 1. The number of carbonyl (C=O) groups excluding carboxylic acids is 1. The van der Waals surface area contributed by atoms with E-state index < -0.39 is 0 Å². The van der Waals surface area contributed by atoms with Gasteiger partial charge in [-0.3, -0.25) is 19.7 Å². The Morgan fingerprint density at radius 1 is 1.30 bits per heavy atom. The Balaban J connectivity index is 1.67. The second kappa shape index (κ2) is 8.61. The van der Waals surface area contributed by atoms with Crippen LogP contribution < -0.4 is 5.32 Å². The summed E-state index contributed by atoms with van der Waals surface area (Å²) in [5.74, 6) is 0.599. The standard InChI is InChI=1S/C22H30N4O/c1-15-10-20(11-16(2)24-15)12-19-6-5-9-26(14-19)17(3)22-13-21(7-8-23-22)25-18(4)27/h7-8,10-11,13,17,19H,5-6,9,12,14H2,1-4H3,(H,23,25,27)/t17?,19-/m1/s1. The number of nitrogens with one attached hydrogen (secondary N) is 1. The predicted molar refractivity (Wildman–Crippen MR) is 109 cm³/mol. The molecular formula is C22H30N4O. The van der Waals surface area contributed by atoms with E-state index in [9.17, 15) is 4.79 Å². The van der Waals surface area contributed by atoms with E-state index in [1.54, 1.807) is 6.20 Å². The summed E-state index contributed by atoms with van der Waals surface area (Å²) in [4.78, 5) is 22.9. The number of aryl methyl sites for hydroxylation is 2. The van der Waals surface area contributed by atoms with Crippen molar-refractivity contribution in [2.75, 3.05) is 18.4 Å². The fourth-order valence-corrected chi connectivity index (χ4v) is 4.13. The van der Waals surface area contributed by atoms with Gasteiger partial charge in [-0.25, -0.2) is 0 Å². The van der Waals surface area contributed by atoms with Crippen molar-refractivity contribution in [3.05, 3.63) is 53.1 Å². The number of anilines is 1. The fraction of sp³-hybridized carbons (Fsp3) is 0.500. The summed E-state index contributed by atoms with van der Waals surface area (Å²) in [6, 6.07) is 8.50. The van der Waals surface area contributed by atoms with Crippen LogP contribution in [0.25, 0.3) is 0 Å². The lowest BCUT2D eigenvalue weighted by Crippen LogP contribution is -2.38. The predicted octanol–water partition coefficient (Wildman–Crippen LogP) is 4.07. The van der Waals surface area contributed by atoms with Crippen LogP contribution in [0.3, 0.4) is 0 Å². The monoisotopic (exact) mass is 366 g/mol. The van der Waals surface area contributed by atoms with Gasteiger partial charge in [0, 0.05) is 42.8 Å². The molecule has 1 saturated heterocycles. The van der Waals surface area contributed by atoms with E-state index in [2.05, 4.69) is 53.1 Å². The average Bonchev–Trinajstić information content (AvgIpc) is 2.60. The first-order valence-electron chi connectivity index (χ1n) is 9.82. The Morgan fingerprint density at radius 2 is 2.04 bits per heavy atom. The van der Waals surface area contributed by atoms with E-state index in [4.69, 9.17) is 0 Å². The quantitative estimate of drug-likeness (QED) is 0.867. The van der Waals surface area contributed by atoms with Crippen molar-refractivity contribution in [3.8, 4) is 0 Å². The Kier molecular flexibility index (Phi) is 6.22. The van der Waals surface area contributed by atoms with Crippen LogP contribution in [0, 0.1) is 19.8 Å². The van der Waals surface area contributed by atoms with E-state index in [-0.39, 0.29) is 11.9 Å². The Hall–Kier alpha value is -2.27. The molecule has 2 atom stereocenters. The second-order valence-corrected chi connectivity index (χ2v) is 7.79. The fourth-order valence-electron chi connectivity index (χ4n) is 4.13. The van der Waals surface area contributed by atoms with E-state index in [1.807, 2.05) is 12.1 Å². The SMILES string of the molecule is CC(=O)Nc1ccnc(C(C)N2CCC[C@H](Cc3cc(C)nc(C)c3)C2)c1. The van der Waals surface area contributed by atoms with Gasteiger partial charge in [0.1, 0.15) is 0 Å². The second-order valence-electron chi connectivity index (χ2n) is 7.79. The number of nitrogens with zero attached hydrogens (tertiary/aromatic N) is 3. The molecule has 2 aromatic rings. The third-order valence-corrected chi connectivity index (χ3v) is 5.29. The van der Waals surface area contributed by atoms with E-state index in [0.717, 1.165) is 42.3 Å². The van der Waals surface area contributed by atoms with Gasteiger partial charge >= 0.3 is 0 Å². The molecule has 5 nitrogen and oxygen atoms in total. The summed E-state index contributed by atoms with van der Waals surface area (Å²) in [6.45, 7) is 10.1. The molecule has 1 amide bonds. The van der Waals surface area contributed by atoms with Crippen LogP contribution in [-0.4, -0.2) is 33.9 Å². The molecule has 144 valence electrons. The summed E-state index contributed by atoms with van der Waals surface area (Å²) in [7, 11) is 0. The molecular weight excluding hydrogens is 336 g/mol. The van der Waals surface area contributed by atoms with E-state index in [1.165, 1.54) is 25.3 Å². The Morgan fingerprint density at radius 3 is 2.74 bits per heavy atom. The molecule has 1 aliphatic rings. The normalized spacial score (nSPS) is 18.9. The highest BCUT2D eigenvalue weighted by Gasteiger charge is 2.25. The first-order chi connectivity index (χ1) is 12.9. The molecule has 1 fully saturated rings. The molecule has 5 heteroatoms. The van der Waals surface area contributed by atoms with Crippen LogP contribution >= 0.6 is 0 Å². The minimum absolute atomic E-state index is 0.0548. The van der Waals surface area contributed by atoms with Gasteiger partial charge in [0.2, 0.25) is 5.91 Å². The van der Waals surface area contributed by atoms with Crippen LogP contribution in [-0.2, 0) is 11.2 Å². The molecule has 3 heterocycles. The van der Waals surface area contributed by atoms with Gasteiger partial charge in [0.25, 0.3) is 0 Å². The summed E-state index contributed by atoms with van der Waals surface area (Å²) >= 11 is 0. The van der Waals surface area contributed by atoms with Crippen LogP contribution in [0.1, 0.15) is 55.4 Å². The minimum Gasteiger partial charge on any atom is -0.326 e. The van der Waals surface area contributed by atoms with E-state index >= 15 is 0 Å². The van der Waals surface area contributed by atoms with Crippen molar-refractivity contribution in [1.82, 2.24) is 14.9 Å². The number of pyridine rings is 2. The van der Waals surface area contributed by atoms with Gasteiger partial charge in [-0.15, -0.1) is 0 Å². The van der Waals surface area contributed by atoms with Gasteiger partial charge < -0.3 is 5.32 Å². The summed E-state index contributed by atoms with van der Waals surface area (Å²) in [5.41, 5.74) is 5.42. The van der Waals surface area contributed by atoms with Crippen molar-refractivity contribution in [2.45, 2.75) is 53.0 Å². The van der Waals surface area contributed by atoms with Crippen LogP contribution in [0.15, 0.2) is 30.5 Å². The molecule has 1 unspecified atom stereocenters. The van der Waals surface area contributed by atoms with Crippen molar-refractivity contribution in [1.29, 1.82) is 0 Å². The highest BCUT2D eigenvalue weighted by Crippen LogP contribution is 2.28. The number of aromatic nitrogens is 2. The van der Waals surface area contributed by atoms with Gasteiger partial charge in [-0.1, -0.05) is 0 Å². The first-order valence-corrected chi connectivity index (χ1v) is 9.82. The molecule has 27 heavy (non-hydrogen) atoms. The Bertz CT molecular complexity index is 784. The van der Waals surface area contributed by atoms with Gasteiger partial charge in [-0.05, 0) is 82.3 Å². The third kappa shape index (κ3) is 5.36. The number of piperidine rings is 1. The zero-order chi connectivity index (χ0) is 19.4. The number of rotatable bonds is 5. The summed E-state index contributed by atoms with van der Waals surface area (Å²) < 4.78 is 0. The van der Waals surface area contributed by atoms with Crippen molar-refractivity contribution in [3.63, 3.8) is 0 Å². The lowest BCUT2D eigenvalue weighted by molar-refractivity contribution is -0.114. The molecule has 0 saturated carbocycles. The number of carbonyl (C=O) groups is 1. The molecule has 1 N–H and O–H groups in total. The number of amides is 1. The molecule has 1 aliphatic heterocycles. The van der Waals surface area contributed by atoms with Gasteiger partial charge in [-0.2, -0.15) is 0 Å². The lowest BCUT2D eigenvalue weighted by atomic mass is 9.90. The topological polar surface area (TPSA) is 58.1 Å². The number of hydrogen-bond acceptors (Lipinski definition) is 4. The molecule has 0 aliphatic carbocycles. The molecule has 2 aromatic heterocycles. The maximum absolute atomic E-state index is 11.3. The van der Waals surface area contributed by atoms with Gasteiger partial charge in [0.05, 0.1) is 5.69 Å². The zero-order valence-corrected chi connectivity index (χ0v) is 16.8. The molecule has 0 spiro atoms. The average molecular weight is 367 g/mol. The maximum Gasteiger partial charge on any atom is 0.221 e. The van der Waals surface area contributed by atoms with Crippen molar-refractivity contribution >= 4 is 11.6 Å². The lowest BCUT2D eigenvalue weighted by Gasteiger charge is -2.36. The minimum atomic E-state index is -0.0548. The first kappa shape index (κ1) is 19.5. The zero-order valence-electron chi connectivity index (χ0n) is 16.8. The maximum atomic E-state index is 11.3. The van der Waals surface area contributed by atoms with Crippen LogP contribution in [0.4, 0.5) is 5.69 Å². The highest BCUT2D eigenvalue weighted by molar-refractivity contribution is 5.88. The van der Waals surface area contributed by atoms with Crippen LogP contribution in [0.2, 0.25) is 0 Å². The van der Waals surface area contributed by atoms with Crippen molar-refractivity contribution in [2.24, 2.45) is 5.92 Å². The molecule has 0 aromatic carbocycles. The summed E-state index contributed by atoms with van der Waals surface area (Å²) in [5, 5.41) is 2.85. The molecule has 0 radical (unpaired) electrons. The van der Waals surface area contributed by atoms with Crippen LogP contribution in [0.5, 0.6) is 0 Å². The van der Waals surface area contributed by atoms with Crippen molar-refractivity contribution < 1.29 is 4.79 Å². The number of likely N-dealkylation sites (tertiary alicyclic amines) is 1. The Labute approximate surface area is 162 Å². The smallest absolute Gasteiger partial charge is 0.221 e. The highest BCUT2D eigenvalue weighted by atomic mass is 16.1. The molecule has 0 bridgehead atoms. The largest absolute Gasteiger partial charge is 0.326 e. The van der Waals surface area contributed by atoms with Gasteiger partial charge in [0.15, 0.2) is 0 Å². The summed E-state index contributed by atoms with van der Waals surface area (Å²) in [6.07, 6.45) is 5.36. The molecule has 3 rings (SSSR count). The van der Waals surface area contributed by atoms with E-state index in [0.29, 0.717) is 5.92 Å².